The molecule has 2 aliphatic rings. The molecule has 0 saturated carbocycles. The quantitative estimate of drug-likeness (QED) is 0.819. The summed E-state index contributed by atoms with van der Waals surface area (Å²) in [5.74, 6) is -0.142. The number of benzene rings is 1. The molecule has 1 aromatic rings. The highest BCUT2D eigenvalue weighted by Crippen LogP contribution is 2.24. The predicted molar refractivity (Wildman–Crippen MR) is 101 cm³/mol. The zero-order valence-electron chi connectivity index (χ0n) is 15.0. The van der Waals surface area contributed by atoms with Gasteiger partial charge in [0.15, 0.2) is 0 Å². The molecule has 7 nitrogen and oxygen atoms in total. The number of hydrogen-bond donors (Lipinski definition) is 2. The Morgan fingerprint density at radius 2 is 1.77 bits per heavy atom. The van der Waals surface area contributed by atoms with Gasteiger partial charge in [0, 0.05) is 31.5 Å². The molecular weight excluding hydrogens is 358 g/mol. The zero-order valence-corrected chi connectivity index (χ0v) is 15.8. The smallest absolute Gasteiger partial charge is 0.256 e. The number of ether oxygens (including phenoxy) is 2. The van der Waals surface area contributed by atoms with E-state index in [1.54, 1.807) is 36.3 Å². The first-order valence-corrected chi connectivity index (χ1v) is 8.69. The molecule has 8 heteroatoms. The van der Waals surface area contributed by atoms with Gasteiger partial charge in [0.05, 0.1) is 13.2 Å². The first-order valence-electron chi connectivity index (χ1n) is 8.69. The number of morpholine rings is 1. The molecule has 0 unspecified atom stereocenters. The van der Waals surface area contributed by atoms with Crippen molar-refractivity contribution in [3.05, 3.63) is 29.8 Å². The van der Waals surface area contributed by atoms with E-state index in [0.29, 0.717) is 50.4 Å². The first kappa shape index (κ1) is 20.6. The number of amides is 2. The lowest BCUT2D eigenvalue weighted by atomic mass is 9.91. The van der Waals surface area contributed by atoms with Crippen LogP contribution in [0.1, 0.15) is 23.2 Å². The van der Waals surface area contributed by atoms with Crippen LogP contribution in [0.25, 0.3) is 0 Å². The van der Waals surface area contributed by atoms with E-state index in [1.165, 1.54) is 0 Å². The third-order valence-electron chi connectivity index (χ3n) is 4.90. The normalized spacial score (nSPS) is 19.3. The monoisotopic (exact) mass is 383 g/mol. The molecule has 2 fully saturated rings. The van der Waals surface area contributed by atoms with Gasteiger partial charge in [-0.15, -0.1) is 12.4 Å². The Morgan fingerprint density at radius 3 is 2.35 bits per heavy atom. The fraction of sp³-hybridized carbons (Fsp3) is 0.556. The maximum atomic E-state index is 12.6. The van der Waals surface area contributed by atoms with Gasteiger partial charge in [-0.05, 0) is 50.2 Å². The summed E-state index contributed by atoms with van der Waals surface area (Å²) in [7, 11) is 1.58. The van der Waals surface area contributed by atoms with Crippen LogP contribution in [-0.2, 0) is 14.3 Å². The number of piperidine rings is 1. The number of nitrogens with one attached hydrogen (secondary N) is 2. The molecule has 2 amide bonds. The van der Waals surface area contributed by atoms with E-state index in [0.717, 1.165) is 13.1 Å². The molecule has 2 heterocycles. The fourth-order valence-corrected chi connectivity index (χ4v) is 3.24. The second-order valence-electron chi connectivity index (χ2n) is 6.38. The summed E-state index contributed by atoms with van der Waals surface area (Å²) < 4.78 is 10.8. The highest BCUT2D eigenvalue weighted by atomic mass is 35.5. The van der Waals surface area contributed by atoms with Crippen molar-refractivity contribution in [1.82, 2.24) is 10.2 Å². The van der Waals surface area contributed by atoms with E-state index >= 15 is 0 Å². The lowest BCUT2D eigenvalue weighted by Crippen LogP contribution is -2.51. The van der Waals surface area contributed by atoms with Gasteiger partial charge in [0.25, 0.3) is 11.8 Å². The fourth-order valence-electron chi connectivity index (χ4n) is 3.24. The minimum atomic E-state index is -0.784. The van der Waals surface area contributed by atoms with Gasteiger partial charge in [-0.1, -0.05) is 0 Å². The van der Waals surface area contributed by atoms with Crippen LogP contribution in [0.3, 0.4) is 0 Å². The van der Waals surface area contributed by atoms with Gasteiger partial charge in [0.1, 0.15) is 5.60 Å². The number of halogens is 1. The summed E-state index contributed by atoms with van der Waals surface area (Å²) in [5.41, 5.74) is 0.495. The lowest BCUT2D eigenvalue weighted by molar-refractivity contribution is -0.140. The van der Waals surface area contributed by atoms with Crippen LogP contribution >= 0.6 is 12.4 Å². The van der Waals surface area contributed by atoms with Gasteiger partial charge < -0.3 is 25.0 Å². The lowest BCUT2D eigenvalue weighted by Gasteiger charge is -2.34. The summed E-state index contributed by atoms with van der Waals surface area (Å²) in [4.78, 5) is 26.9. The first-order chi connectivity index (χ1) is 12.1. The molecule has 2 N–H and O–H groups in total. The number of carbonyl (C=O) groups excluding carboxylic acids is 2. The number of rotatable bonds is 4. The largest absolute Gasteiger partial charge is 0.378 e. The Labute approximate surface area is 159 Å². The van der Waals surface area contributed by atoms with E-state index in [2.05, 4.69) is 10.6 Å². The van der Waals surface area contributed by atoms with Crippen molar-refractivity contribution in [3.63, 3.8) is 0 Å². The van der Waals surface area contributed by atoms with E-state index < -0.39 is 5.60 Å². The Hall–Kier alpha value is -1.67. The summed E-state index contributed by atoms with van der Waals surface area (Å²) in [6.07, 6.45) is 1.28. The molecule has 0 aliphatic carbocycles. The highest BCUT2D eigenvalue weighted by molar-refractivity contribution is 5.98. The number of anilines is 1. The number of methoxy groups -OCH3 is 1. The molecule has 2 saturated heterocycles. The maximum absolute atomic E-state index is 12.6. The topological polar surface area (TPSA) is 79.9 Å². The second-order valence-corrected chi connectivity index (χ2v) is 6.38. The number of carbonyl (C=O) groups is 2. The van der Waals surface area contributed by atoms with Crippen LogP contribution in [-0.4, -0.2) is 68.8 Å². The molecule has 0 atom stereocenters. The molecule has 144 valence electrons. The van der Waals surface area contributed by atoms with Gasteiger partial charge in [-0.2, -0.15) is 0 Å². The molecule has 0 spiro atoms. The minimum Gasteiger partial charge on any atom is -0.378 e. The van der Waals surface area contributed by atoms with E-state index in [-0.39, 0.29) is 24.2 Å². The Kier molecular flexibility index (Phi) is 7.40. The molecule has 0 bridgehead atoms. The molecular formula is C18H26ClN3O4. The van der Waals surface area contributed by atoms with Crippen molar-refractivity contribution in [2.45, 2.75) is 18.4 Å². The Bertz CT molecular complexity index is 611. The Balaban J connectivity index is 0.00000243. The standard InChI is InChI=1S/C18H25N3O4.ClH/c1-24-18(6-8-19-9-7-18)17(23)20-15-4-2-14(3-5-15)16(22)21-10-12-25-13-11-21;/h2-5,19H,6-13H2,1H3,(H,20,23);1H. The van der Waals surface area contributed by atoms with Crippen LogP contribution < -0.4 is 10.6 Å². The average Bonchev–Trinajstić information content (AvgIpc) is 2.69. The van der Waals surface area contributed by atoms with Crippen LogP contribution in [0, 0.1) is 0 Å². The van der Waals surface area contributed by atoms with Gasteiger partial charge in [-0.25, -0.2) is 0 Å². The van der Waals surface area contributed by atoms with Gasteiger partial charge in [-0.3, -0.25) is 9.59 Å². The van der Waals surface area contributed by atoms with Crippen molar-refractivity contribution < 1.29 is 19.1 Å². The van der Waals surface area contributed by atoms with Crippen LogP contribution in [0.5, 0.6) is 0 Å². The molecule has 0 radical (unpaired) electrons. The third-order valence-corrected chi connectivity index (χ3v) is 4.90. The molecule has 26 heavy (non-hydrogen) atoms. The van der Waals surface area contributed by atoms with E-state index in [9.17, 15) is 9.59 Å². The summed E-state index contributed by atoms with van der Waals surface area (Å²) in [5, 5.41) is 6.15. The van der Waals surface area contributed by atoms with Gasteiger partial charge >= 0.3 is 0 Å². The molecule has 2 aliphatic heterocycles. The van der Waals surface area contributed by atoms with Crippen LogP contribution in [0.4, 0.5) is 5.69 Å². The van der Waals surface area contributed by atoms with Crippen molar-refractivity contribution in [1.29, 1.82) is 0 Å². The highest BCUT2D eigenvalue weighted by Gasteiger charge is 2.39. The van der Waals surface area contributed by atoms with E-state index in [1.807, 2.05) is 0 Å². The molecule has 0 aromatic heterocycles. The summed E-state index contributed by atoms with van der Waals surface area (Å²) in [6.45, 7) is 3.90. The Morgan fingerprint density at radius 1 is 1.15 bits per heavy atom. The van der Waals surface area contributed by atoms with Crippen LogP contribution in [0.2, 0.25) is 0 Å². The average molecular weight is 384 g/mol. The van der Waals surface area contributed by atoms with E-state index in [4.69, 9.17) is 9.47 Å². The zero-order chi connectivity index (χ0) is 17.7. The number of hydrogen-bond acceptors (Lipinski definition) is 5. The summed E-state index contributed by atoms with van der Waals surface area (Å²) in [6, 6.07) is 7.01. The molecule has 3 rings (SSSR count). The minimum absolute atomic E-state index is 0. The van der Waals surface area contributed by atoms with Crippen molar-refractivity contribution in [3.8, 4) is 0 Å². The third kappa shape index (κ3) is 4.54. The maximum Gasteiger partial charge on any atom is 0.256 e. The number of nitrogens with zero attached hydrogens (tertiary/aromatic N) is 1. The van der Waals surface area contributed by atoms with Crippen LogP contribution in [0.15, 0.2) is 24.3 Å². The summed E-state index contributed by atoms with van der Waals surface area (Å²) >= 11 is 0. The van der Waals surface area contributed by atoms with Crippen molar-refractivity contribution >= 4 is 29.9 Å². The molecule has 1 aromatic carbocycles. The SMILES string of the molecule is COC1(C(=O)Nc2ccc(C(=O)N3CCOCC3)cc2)CCNCC1.Cl. The van der Waals surface area contributed by atoms with Gasteiger partial charge in [0.2, 0.25) is 0 Å². The van der Waals surface area contributed by atoms with Crippen molar-refractivity contribution in [2.75, 3.05) is 51.8 Å². The van der Waals surface area contributed by atoms with Crippen molar-refractivity contribution in [2.24, 2.45) is 0 Å². The second kappa shape index (κ2) is 9.32. The predicted octanol–water partition coefficient (Wildman–Crippen LogP) is 1.29.